The van der Waals surface area contributed by atoms with E-state index in [9.17, 15) is 14.4 Å². The Morgan fingerprint density at radius 1 is 1.15 bits per heavy atom. The van der Waals surface area contributed by atoms with E-state index in [0.29, 0.717) is 25.6 Å². The predicted octanol–water partition coefficient (Wildman–Crippen LogP) is 0.418. The molecule has 9 heteroatoms. The molecule has 0 bridgehead atoms. The maximum Gasteiger partial charge on any atom is 0.325 e. The average molecular weight is 357 g/mol. The Labute approximate surface area is 149 Å². The molecule has 2 aliphatic rings. The first-order valence-electron chi connectivity index (χ1n) is 8.57. The number of hydrogen-bond acceptors (Lipinski definition) is 6. The first-order valence-corrected chi connectivity index (χ1v) is 8.57. The smallest absolute Gasteiger partial charge is 0.325 e. The van der Waals surface area contributed by atoms with E-state index in [4.69, 9.17) is 4.42 Å². The van der Waals surface area contributed by atoms with Gasteiger partial charge in [0.15, 0.2) is 5.58 Å². The molecule has 0 radical (unpaired) electrons. The molecule has 0 unspecified atom stereocenters. The van der Waals surface area contributed by atoms with Gasteiger partial charge in [-0.3, -0.25) is 14.9 Å². The second kappa shape index (κ2) is 6.66. The number of hydrogen-bond donors (Lipinski definition) is 1. The van der Waals surface area contributed by atoms with Gasteiger partial charge in [0.2, 0.25) is 11.8 Å². The summed E-state index contributed by atoms with van der Waals surface area (Å²) in [6.45, 7) is 2.30. The Morgan fingerprint density at radius 2 is 2.00 bits per heavy atom. The van der Waals surface area contributed by atoms with Crippen LogP contribution >= 0.6 is 0 Å². The number of amides is 4. The minimum Gasteiger partial charge on any atom is -0.423 e. The number of fused-ring (bicyclic) bond motifs is 1. The van der Waals surface area contributed by atoms with Crippen LogP contribution in [0.2, 0.25) is 0 Å². The molecule has 1 aromatic heterocycles. The zero-order chi connectivity index (χ0) is 18.1. The maximum atomic E-state index is 12.5. The van der Waals surface area contributed by atoms with E-state index in [2.05, 4.69) is 10.3 Å². The van der Waals surface area contributed by atoms with Gasteiger partial charge in [-0.15, -0.1) is 0 Å². The lowest BCUT2D eigenvalue weighted by atomic mass is 10.3. The number of imide groups is 1. The summed E-state index contributed by atoms with van der Waals surface area (Å²) < 4.78 is 5.80. The first kappa shape index (κ1) is 16.4. The van der Waals surface area contributed by atoms with E-state index >= 15 is 0 Å². The standard InChI is InChI=1S/C17H19N5O4/c23-14-10-22(16(25)19-14)11-15(24)20-6-3-7-21(9-8-20)17-18-12-4-1-2-5-13(12)26-17/h1-2,4-5H,3,6-11H2,(H,19,23,25). The van der Waals surface area contributed by atoms with Gasteiger partial charge < -0.3 is 19.1 Å². The molecule has 1 aromatic carbocycles. The number of oxazole rings is 1. The highest BCUT2D eigenvalue weighted by Crippen LogP contribution is 2.22. The van der Waals surface area contributed by atoms with Gasteiger partial charge in [0.1, 0.15) is 18.6 Å². The predicted molar refractivity (Wildman–Crippen MR) is 92.5 cm³/mol. The fraction of sp³-hybridized carbons (Fsp3) is 0.412. The lowest BCUT2D eigenvalue weighted by Gasteiger charge is -2.23. The molecule has 9 nitrogen and oxygen atoms in total. The van der Waals surface area contributed by atoms with Crippen LogP contribution in [0.25, 0.3) is 11.1 Å². The number of nitrogens with one attached hydrogen (secondary N) is 1. The van der Waals surface area contributed by atoms with Gasteiger partial charge >= 0.3 is 6.03 Å². The van der Waals surface area contributed by atoms with Gasteiger partial charge in [-0.25, -0.2) is 4.79 Å². The van der Waals surface area contributed by atoms with Gasteiger partial charge in [0.05, 0.1) is 0 Å². The highest BCUT2D eigenvalue weighted by Gasteiger charge is 2.30. The quantitative estimate of drug-likeness (QED) is 0.800. The van der Waals surface area contributed by atoms with Crippen LogP contribution in [-0.2, 0) is 9.59 Å². The molecule has 0 aliphatic carbocycles. The highest BCUT2D eigenvalue weighted by atomic mass is 16.4. The number of rotatable bonds is 3. The second-order valence-electron chi connectivity index (χ2n) is 6.39. The summed E-state index contributed by atoms with van der Waals surface area (Å²) in [5, 5.41) is 2.18. The van der Waals surface area contributed by atoms with Crippen LogP contribution in [-0.4, -0.2) is 71.9 Å². The van der Waals surface area contributed by atoms with Crippen molar-refractivity contribution in [3.63, 3.8) is 0 Å². The number of anilines is 1. The number of carbonyl (C=O) groups is 3. The molecule has 136 valence electrons. The summed E-state index contributed by atoms with van der Waals surface area (Å²) in [4.78, 5) is 44.8. The summed E-state index contributed by atoms with van der Waals surface area (Å²) in [6, 6.07) is 7.65. The molecule has 3 heterocycles. The molecule has 2 aromatic rings. The lowest BCUT2D eigenvalue weighted by molar-refractivity contribution is -0.131. The van der Waals surface area contributed by atoms with E-state index in [1.807, 2.05) is 29.2 Å². The van der Waals surface area contributed by atoms with Crippen LogP contribution in [0.3, 0.4) is 0 Å². The van der Waals surface area contributed by atoms with Gasteiger partial charge in [-0.2, -0.15) is 4.98 Å². The minimum atomic E-state index is -0.508. The summed E-state index contributed by atoms with van der Waals surface area (Å²) >= 11 is 0. The van der Waals surface area contributed by atoms with Gasteiger partial charge in [-0.05, 0) is 18.6 Å². The third kappa shape index (κ3) is 3.19. The highest BCUT2D eigenvalue weighted by molar-refractivity contribution is 6.03. The number of benzene rings is 1. The average Bonchev–Trinajstić information content (AvgIpc) is 3.08. The van der Waals surface area contributed by atoms with Crippen molar-refractivity contribution in [1.29, 1.82) is 0 Å². The van der Waals surface area contributed by atoms with Gasteiger partial charge in [0, 0.05) is 26.2 Å². The summed E-state index contributed by atoms with van der Waals surface area (Å²) in [6.07, 6.45) is 0.773. The van der Waals surface area contributed by atoms with Crippen LogP contribution in [0.1, 0.15) is 6.42 Å². The van der Waals surface area contributed by atoms with Crippen molar-refractivity contribution < 1.29 is 18.8 Å². The Kier molecular flexibility index (Phi) is 4.19. The molecule has 2 aliphatic heterocycles. The largest absolute Gasteiger partial charge is 0.423 e. The zero-order valence-electron chi connectivity index (χ0n) is 14.2. The van der Waals surface area contributed by atoms with Gasteiger partial charge in [-0.1, -0.05) is 12.1 Å². The molecule has 2 fully saturated rings. The van der Waals surface area contributed by atoms with E-state index in [-0.39, 0.29) is 24.9 Å². The van der Waals surface area contributed by atoms with Crippen molar-refractivity contribution in [2.45, 2.75) is 6.42 Å². The van der Waals surface area contributed by atoms with E-state index in [1.54, 1.807) is 4.90 Å². The van der Waals surface area contributed by atoms with Crippen molar-refractivity contribution in [3.8, 4) is 0 Å². The van der Waals surface area contributed by atoms with E-state index in [0.717, 1.165) is 24.1 Å². The fourth-order valence-electron chi connectivity index (χ4n) is 3.23. The van der Waals surface area contributed by atoms with Crippen LogP contribution in [0.4, 0.5) is 10.8 Å². The third-order valence-corrected chi connectivity index (χ3v) is 4.60. The minimum absolute atomic E-state index is 0.0621. The molecule has 2 saturated heterocycles. The number of para-hydroxylation sites is 2. The molecule has 4 amide bonds. The van der Waals surface area contributed by atoms with Crippen molar-refractivity contribution in [2.75, 3.05) is 44.2 Å². The molecule has 1 N–H and O–H groups in total. The van der Waals surface area contributed by atoms with E-state index < -0.39 is 6.03 Å². The second-order valence-corrected chi connectivity index (χ2v) is 6.39. The summed E-state index contributed by atoms with van der Waals surface area (Å²) in [7, 11) is 0. The van der Waals surface area contributed by atoms with Crippen LogP contribution < -0.4 is 10.2 Å². The molecular weight excluding hydrogens is 338 g/mol. The Morgan fingerprint density at radius 3 is 2.77 bits per heavy atom. The first-order chi connectivity index (χ1) is 12.6. The number of urea groups is 1. The zero-order valence-corrected chi connectivity index (χ0v) is 14.2. The third-order valence-electron chi connectivity index (χ3n) is 4.60. The van der Waals surface area contributed by atoms with Crippen molar-refractivity contribution in [2.24, 2.45) is 0 Å². The van der Waals surface area contributed by atoms with Crippen molar-refractivity contribution in [3.05, 3.63) is 24.3 Å². The normalized spacial score (nSPS) is 18.4. The molecule has 26 heavy (non-hydrogen) atoms. The summed E-state index contributed by atoms with van der Waals surface area (Å²) in [5.41, 5.74) is 1.55. The van der Waals surface area contributed by atoms with Crippen molar-refractivity contribution >= 4 is 35.0 Å². The Hall–Kier alpha value is -3.10. The lowest BCUT2D eigenvalue weighted by Crippen LogP contribution is -2.43. The SMILES string of the molecule is O=C1CN(CC(=O)N2CCCN(c3nc4ccccc4o3)CC2)C(=O)N1. The molecule has 0 saturated carbocycles. The monoisotopic (exact) mass is 357 g/mol. The fourth-order valence-corrected chi connectivity index (χ4v) is 3.23. The number of aromatic nitrogens is 1. The van der Waals surface area contributed by atoms with Crippen molar-refractivity contribution in [1.82, 2.24) is 20.1 Å². The number of nitrogens with zero attached hydrogens (tertiary/aromatic N) is 4. The topological polar surface area (TPSA) is 99.0 Å². The molecule has 4 rings (SSSR count). The van der Waals surface area contributed by atoms with Crippen LogP contribution in [0, 0.1) is 0 Å². The molecule has 0 atom stereocenters. The van der Waals surface area contributed by atoms with E-state index in [1.165, 1.54) is 4.90 Å². The van der Waals surface area contributed by atoms with Gasteiger partial charge in [0.25, 0.3) is 6.01 Å². The summed E-state index contributed by atoms with van der Waals surface area (Å²) in [5.74, 6) is -0.532. The molecular formula is C17H19N5O4. The Bertz CT molecular complexity index is 831. The van der Waals surface area contributed by atoms with Crippen LogP contribution in [0.15, 0.2) is 28.7 Å². The molecule has 0 spiro atoms. The maximum absolute atomic E-state index is 12.5. The number of carbonyl (C=O) groups excluding carboxylic acids is 3. The Balaban J connectivity index is 1.39. The van der Waals surface area contributed by atoms with Crippen LogP contribution in [0.5, 0.6) is 0 Å².